The molecule has 182 valence electrons. The van der Waals surface area contributed by atoms with E-state index >= 15 is 0 Å². The molecule has 0 atom stereocenters. The van der Waals surface area contributed by atoms with Crippen LogP contribution in [0.15, 0.2) is 54.9 Å². The van der Waals surface area contributed by atoms with E-state index in [0.717, 1.165) is 49.8 Å². The minimum atomic E-state index is -0.176. The number of nitrogens with one attached hydrogen (secondary N) is 4. The molecule has 0 unspecified atom stereocenters. The summed E-state index contributed by atoms with van der Waals surface area (Å²) in [7, 11) is 0. The highest BCUT2D eigenvalue weighted by molar-refractivity contribution is 5.93. The van der Waals surface area contributed by atoms with E-state index in [-0.39, 0.29) is 17.7 Å². The predicted molar refractivity (Wildman–Crippen MR) is 133 cm³/mol. The van der Waals surface area contributed by atoms with Gasteiger partial charge >= 0.3 is 0 Å². The highest BCUT2D eigenvalue weighted by Crippen LogP contribution is 2.06. The minimum Gasteiger partial charge on any atom is -0.353 e. The van der Waals surface area contributed by atoms with Crippen LogP contribution in [0, 0.1) is 0 Å². The molecule has 0 bridgehead atoms. The molecule has 1 heterocycles. The number of nitrogens with zero attached hydrogens (tertiary/aromatic N) is 1. The van der Waals surface area contributed by atoms with E-state index in [9.17, 15) is 14.4 Å². The van der Waals surface area contributed by atoms with Gasteiger partial charge in [-0.2, -0.15) is 0 Å². The lowest BCUT2D eigenvalue weighted by atomic mass is 10.1. The van der Waals surface area contributed by atoms with Gasteiger partial charge in [-0.3, -0.25) is 24.8 Å². The van der Waals surface area contributed by atoms with Crippen molar-refractivity contribution in [2.24, 2.45) is 0 Å². The Kier molecular flexibility index (Phi) is 12.7. The maximum absolute atomic E-state index is 12.1. The number of benzene rings is 1. The molecule has 4 N–H and O–H groups in total. The van der Waals surface area contributed by atoms with Gasteiger partial charge in [0.25, 0.3) is 5.91 Å². The molecule has 1 aromatic carbocycles. The van der Waals surface area contributed by atoms with Crippen molar-refractivity contribution in [3.63, 3.8) is 0 Å². The van der Waals surface area contributed by atoms with Crippen molar-refractivity contribution in [1.29, 1.82) is 0 Å². The van der Waals surface area contributed by atoms with Crippen LogP contribution in [-0.4, -0.2) is 35.8 Å². The molecule has 0 fully saturated rings. The van der Waals surface area contributed by atoms with Crippen molar-refractivity contribution >= 4 is 23.8 Å². The number of aromatic nitrogens is 1. The second-order valence-corrected chi connectivity index (χ2v) is 7.93. The molecular formula is C26H35N5O3. The van der Waals surface area contributed by atoms with E-state index in [1.807, 2.05) is 31.2 Å². The van der Waals surface area contributed by atoms with E-state index in [4.69, 9.17) is 0 Å². The monoisotopic (exact) mass is 465 g/mol. The van der Waals surface area contributed by atoms with Crippen molar-refractivity contribution in [2.45, 2.75) is 52.0 Å². The van der Waals surface area contributed by atoms with Crippen molar-refractivity contribution < 1.29 is 14.4 Å². The Morgan fingerprint density at radius 1 is 0.941 bits per heavy atom. The van der Waals surface area contributed by atoms with Crippen LogP contribution in [0.3, 0.4) is 0 Å². The summed E-state index contributed by atoms with van der Waals surface area (Å²) in [5, 5.41) is 5.77. The van der Waals surface area contributed by atoms with Crippen LogP contribution in [0.4, 0.5) is 0 Å². The second-order valence-electron chi connectivity index (χ2n) is 7.93. The summed E-state index contributed by atoms with van der Waals surface area (Å²) in [6.07, 6.45) is 11.6. The molecule has 0 saturated heterocycles. The summed E-state index contributed by atoms with van der Waals surface area (Å²) in [5.41, 5.74) is 7.90. The first-order valence-electron chi connectivity index (χ1n) is 11.8. The van der Waals surface area contributed by atoms with Gasteiger partial charge in [0.15, 0.2) is 0 Å². The molecule has 0 radical (unpaired) electrons. The zero-order chi connectivity index (χ0) is 24.4. The molecule has 8 nitrogen and oxygen atoms in total. The lowest BCUT2D eigenvalue weighted by Gasteiger charge is -2.08. The zero-order valence-electron chi connectivity index (χ0n) is 19.8. The number of hydrazine groups is 1. The van der Waals surface area contributed by atoms with Crippen LogP contribution in [0.1, 0.15) is 66.9 Å². The first kappa shape index (κ1) is 26.7. The normalized spacial score (nSPS) is 10.7. The Labute approximate surface area is 201 Å². The number of rotatable bonds is 15. The average molecular weight is 466 g/mol. The molecule has 2 rings (SSSR count). The first-order valence-corrected chi connectivity index (χ1v) is 11.8. The van der Waals surface area contributed by atoms with E-state index in [1.54, 1.807) is 30.6 Å². The lowest BCUT2D eigenvalue weighted by Crippen LogP contribution is -2.37. The third-order valence-corrected chi connectivity index (χ3v) is 5.02. The number of carbonyl (C=O) groups excluding carboxylic acids is 3. The van der Waals surface area contributed by atoms with Crippen LogP contribution in [-0.2, 0) is 16.1 Å². The quantitative estimate of drug-likeness (QED) is 0.183. The fourth-order valence-corrected chi connectivity index (χ4v) is 3.08. The molecule has 34 heavy (non-hydrogen) atoms. The highest BCUT2D eigenvalue weighted by atomic mass is 16.2. The Morgan fingerprint density at radius 3 is 2.47 bits per heavy atom. The smallest absolute Gasteiger partial charge is 0.265 e. The molecule has 0 aliphatic carbocycles. The second kappa shape index (κ2) is 16.1. The third kappa shape index (κ3) is 11.4. The molecule has 0 spiro atoms. The molecular weight excluding hydrogens is 430 g/mol. The summed E-state index contributed by atoms with van der Waals surface area (Å²) >= 11 is 0. The number of hydrogen-bond donors (Lipinski definition) is 4. The van der Waals surface area contributed by atoms with E-state index in [1.165, 1.54) is 6.08 Å². The van der Waals surface area contributed by atoms with Crippen LogP contribution in [0.5, 0.6) is 0 Å². The third-order valence-electron chi connectivity index (χ3n) is 5.02. The van der Waals surface area contributed by atoms with Crippen LogP contribution < -0.4 is 21.5 Å². The topological polar surface area (TPSA) is 112 Å². The molecule has 0 aliphatic rings. The number of carbonyl (C=O) groups is 3. The summed E-state index contributed by atoms with van der Waals surface area (Å²) in [6, 6.07) is 10.9. The van der Waals surface area contributed by atoms with Gasteiger partial charge in [-0.1, -0.05) is 38.0 Å². The van der Waals surface area contributed by atoms with Gasteiger partial charge in [0.05, 0.1) is 0 Å². The molecule has 3 amide bonds. The van der Waals surface area contributed by atoms with Crippen LogP contribution >= 0.6 is 0 Å². The van der Waals surface area contributed by atoms with Gasteiger partial charge < -0.3 is 10.6 Å². The van der Waals surface area contributed by atoms with Gasteiger partial charge in [-0.25, -0.2) is 5.43 Å². The van der Waals surface area contributed by atoms with E-state index in [0.29, 0.717) is 25.1 Å². The molecule has 0 aliphatic heterocycles. The predicted octanol–water partition coefficient (Wildman–Crippen LogP) is 3.12. The number of unbranched alkanes of at least 4 members (excludes halogenated alkanes) is 3. The fraction of sp³-hybridized carbons (Fsp3) is 0.385. The lowest BCUT2D eigenvalue weighted by molar-refractivity contribution is -0.121. The van der Waals surface area contributed by atoms with Crippen LogP contribution in [0.2, 0.25) is 0 Å². The molecule has 8 heteroatoms. The summed E-state index contributed by atoms with van der Waals surface area (Å²) < 4.78 is 0. The first-order chi connectivity index (χ1) is 16.6. The fourth-order valence-electron chi connectivity index (χ4n) is 3.08. The summed E-state index contributed by atoms with van der Waals surface area (Å²) in [6.45, 7) is 3.80. The summed E-state index contributed by atoms with van der Waals surface area (Å²) in [5.74, 6) is -0.283. The van der Waals surface area contributed by atoms with Gasteiger partial charge in [0, 0.05) is 50.1 Å². The molecule has 2 aromatic rings. The standard InChI is InChI=1S/C26H35N5O3/c1-2-16-30-31-26(34)23-13-10-22(11-14-23)20-29-24(32)9-5-3-4-6-18-28-25(33)15-12-21-8-7-17-27-19-21/h7-8,10-15,17,19,30H,2-6,9,16,18,20H2,1H3,(H,28,33)(H,29,32)(H,31,34). The Balaban J connectivity index is 1.50. The van der Waals surface area contributed by atoms with Crippen molar-refractivity contribution in [3.8, 4) is 0 Å². The highest BCUT2D eigenvalue weighted by Gasteiger charge is 2.06. The maximum Gasteiger partial charge on any atom is 0.265 e. The molecule has 0 saturated carbocycles. The molecule has 1 aromatic heterocycles. The van der Waals surface area contributed by atoms with Gasteiger partial charge in [-0.15, -0.1) is 0 Å². The zero-order valence-corrected chi connectivity index (χ0v) is 19.8. The Bertz CT molecular complexity index is 914. The van der Waals surface area contributed by atoms with Gasteiger partial charge in [0.1, 0.15) is 0 Å². The Morgan fingerprint density at radius 2 is 1.74 bits per heavy atom. The summed E-state index contributed by atoms with van der Waals surface area (Å²) in [4.78, 5) is 39.8. The van der Waals surface area contributed by atoms with E-state index < -0.39 is 0 Å². The largest absolute Gasteiger partial charge is 0.353 e. The minimum absolute atomic E-state index is 0.0134. The van der Waals surface area contributed by atoms with Gasteiger partial charge in [0.2, 0.25) is 11.8 Å². The Hall–Kier alpha value is -3.52. The van der Waals surface area contributed by atoms with Gasteiger partial charge in [-0.05, 0) is 54.7 Å². The number of amides is 3. The average Bonchev–Trinajstić information content (AvgIpc) is 2.86. The van der Waals surface area contributed by atoms with E-state index in [2.05, 4.69) is 26.5 Å². The number of hydrogen-bond acceptors (Lipinski definition) is 5. The van der Waals surface area contributed by atoms with Crippen molar-refractivity contribution in [3.05, 3.63) is 71.6 Å². The van der Waals surface area contributed by atoms with Crippen LogP contribution in [0.25, 0.3) is 6.08 Å². The van der Waals surface area contributed by atoms with Crippen molar-refractivity contribution in [1.82, 2.24) is 26.5 Å². The number of pyridine rings is 1. The maximum atomic E-state index is 12.1. The van der Waals surface area contributed by atoms with Crippen molar-refractivity contribution in [2.75, 3.05) is 13.1 Å². The SMILES string of the molecule is CCCNNC(=O)c1ccc(CNC(=O)CCCCCCNC(=O)C=Cc2cccnc2)cc1.